The lowest BCUT2D eigenvalue weighted by molar-refractivity contribution is 0.631. The van der Waals surface area contributed by atoms with E-state index < -0.39 is 0 Å². The molecule has 0 unspecified atom stereocenters. The first-order chi connectivity index (χ1) is 27.2. The van der Waals surface area contributed by atoms with Crippen LogP contribution >= 0.6 is 11.3 Å². The van der Waals surface area contributed by atoms with E-state index in [1.54, 1.807) is 11.3 Å². The van der Waals surface area contributed by atoms with Crippen LogP contribution < -0.4 is 4.90 Å². The summed E-state index contributed by atoms with van der Waals surface area (Å²) in [5.74, 6) is 0.860. The van der Waals surface area contributed by atoms with Crippen LogP contribution in [0.25, 0.3) is 76.5 Å². The van der Waals surface area contributed by atoms with E-state index >= 15 is 0 Å². The molecule has 0 amide bonds. The lowest BCUT2D eigenvalue weighted by Crippen LogP contribution is -2.09. The van der Waals surface area contributed by atoms with Crippen LogP contribution in [0, 0.1) is 0 Å². The number of aromatic nitrogens is 1. The van der Waals surface area contributed by atoms with Crippen molar-refractivity contribution < 1.29 is 4.42 Å². The highest BCUT2D eigenvalue weighted by atomic mass is 32.1. The Kier molecular flexibility index (Phi) is 8.36. The molecule has 0 radical (unpaired) electrons. The van der Waals surface area contributed by atoms with Crippen LogP contribution in [0.4, 0.5) is 17.1 Å². The molecule has 0 bridgehead atoms. The number of hydrogen-bond donors (Lipinski definition) is 0. The minimum Gasteiger partial charge on any atom is -0.456 e. The van der Waals surface area contributed by atoms with Gasteiger partial charge in [-0.2, -0.15) is 0 Å². The van der Waals surface area contributed by atoms with Gasteiger partial charge >= 0.3 is 0 Å². The Labute approximate surface area is 324 Å². The summed E-state index contributed by atoms with van der Waals surface area (Å²) in [6.07, 6.45) is 0. The highest BCUT2D eigenvalue weighted by Gasteiger charge is 2.16. The maximum absolute atomic E-state index is 6.19. The number of furan rings is 1. The van der Waals surface area contributed by atoms with Crippen LogP contribution in [0.5, 0.6) is 0 Å². The second kappa shape index (κ2) is 14.1. The van der Waals surface area contributed by atoms with Gasteiger partial charge in [0.25, 0.3) is 0 Å². The highest BCUT2D eigenvalue weighted by Crippen LogP contribution is 2.39. The van der Waals surface area contributed by atoms with Crippen molar-refractivity contribution in [3.05, 3.63) is 206 Å². The van der Waals surface area contributed by atoms with E-state index in [0.717, 1.165) is 55.4 Å². The Hall–Kier alpha value is -7.01. The van der Waals surface area contributed by atoms with E-state index in [9.17, 15) is 0 Å². The molecule has 0 aliphatic heterocycles. The lowest BCUT2D eigenvalue weighted by Gasteiger charge is -2.26. The smallest absolute Gasteiger partial charge is 0.135 e. The van der Waals surface area contributed by atoms with E-state index in [1.807, 2.05) is 24.3 Å². The number of benzene rings is 8. The maximum atomic E-state index is 6.19. The van der Waals surface area contributed by atoms with Crippen molar-refractivity contribution in [3.8, 4) is 55.3 Å². The molecule has 0 saturated carbocycles. The van der Waals surface area contributed by atoms with Gasteiger partial charge in [-0.25, -0.2) is 4.98 Å². The minimum absolute atomic E-state index is 0.860. The highest BCUT2D eigenvalue weighted by molar-refractivity contribution is 7.21. The number of nitrogens with zero attached hydrogens (tertiary/aromatic N) is 2. The first-order valence-corrected chi connectivity index (χ1v) is 19.3. The summed E-state index contributed by atoms with van der Waals surface area (Å²) < 4.78 is 7.39. The molecule has 4 heteroatoms. The van der Waals surface area contributed by atoms with E-state index in [2.05, 4.69) is 187 Å². The zero-order valence-corrected chi connectivity index (χ0v) is 30.7. The fourth-order valence-electron chi connectivity index (χ4n) is 7.24. The molecule has 8 aromatic carbocycles. The van der Waals surface area contributed by atoms with Crippen LogP contribution in [-0.4, -0.2) is 4.98 Å². The molecule has 55 heavy (non-hydrogen) atoms. The Balaban J connectivity index is 0.948. The zero-order chi connectivity index (χ0) is 36.6. The normalized spacial score (nSPS) is 11.3. The number of rotatable bonds is 8. The van der Waals surface area contributed by atoms with Gasteiger partial charge in [-0.1, -0.05) is 121 Å². The molecule has 260 valence electrons. The number of para-hydroxylation sites is 2. The third-order valence-corrected chi connectivity index (χ3v) is 11.3. The van der Waals surface area contributed by atoms with E-state index in [-0.39, 0.29) is 0 Å². The quantitative estimate of drug-likeness (QED) is 0.156. The molecular formula is C51H34N2OS. The summed E-state index contributed by atoms with van der Waals surface area (Å²) in [7, 11) is 0. The first kappa shape index (κ1) is 32.6. The first-order valence-electron chi connectivity index (χ1n) is 18.4. The SMILES string of the molecule is c1ccc(-c2ccc(-c3ccc(-c4ccc(N(c5ccc(-c6cc7ccccc7o6)cc5)c5ccc(-c6nc7ccccc7s6)cc5)cc4)cc3)cc2)cc1. The van der Waals surface area contributed by atoms with Gasteiger partial charge in [0.1, 0.15) is 16.4 Å². The summed E-state index contributed by atoms with van der Waals surface area (Å²) in [5, 5.41) is 2.12. The average Bonchev–Trinajstić information content (AvgIpc) is 3.90. The van der Waals surface area contributed by atoms with Gasteiger partial charge in [-0.05, 0) is 118 Å². The van der Waals surface area contributed by atoms with E-state index in [1.165, 1.54) is 38.1 Å². The number of thiazole rings is 1. The third-order valence-electron chi connectivity index (χ3n) is 10.2. The van der Waals surface area contributed by atoms with Crippen LogP contribution in [0.2, 0.25) is 0 Å². The molecule has 2 aromatic heterocycles. The van der Waals surface area contributed by atoms with Crippen molar-refractivity contribution in [2.24, 2.45) is 0 Å². The Morgan fingerprint density at radius 2 is 0.818 bits per heavy atom. The summed E-state index contributed by atoms with van der Waals surface area (Å²) in [4.78, 5) is 7.20. The van der Waals surface area contributed by atoms with E-state index in [4.69, 9.17) is 9.40 Å². The molecule has 10 aromatic rings. The van der Waals surface area contributed by atoms with E-state index in [0.29, 0.717) is 0 Å². The summed E-state index contributed by atoms with van der Waals surface area (Å²) in [6.45, 7) is 0. The van der Waals surface area contributed by atoms with Gasteiger partial charge < -0.3 is 9.32 Å². The number of anilines is 3. The second-order valence-corrected chi connectivity index (χ2v) is 14.7. The van der Waals surface area contributed by atoms with Crippen LogP contribution in [0.15, 0.2) is 211 Å². The summed E-state index contributed by atoms with van der Waals surface area (Å²) >= 11 is 1.72. The van der Waals surface area contributed by atoms with Crippen LogP contribution in [0.1, 0.15) is 0 Å². The van der Waals surface area contributed by atoms with Crippen molar-refractivity contribution in [3.63, 3.8) is 0 Å². The Morgan fingerprint density at radius 3 is 1.36 bits per heavy atom. The standard InChI is InChI=1S/C51H34N2OS/c1-2-8-35(9-3-1)36-14-16-37(17-15-36)38-18-20-39(21-19-38)40-22-28-44(29-23-40)53(45-30-24-41(25-31-45)49-34-43-10-4-6-12-48(43)54-49)46-32-26-42(27-33-46)51-52-47-11-5-7-13-50(47)55-51/h1-34H. The maximum Gasteiger partial charge on any atom is 0.135 e. The number of hydrogen-bond acceptors (Lipinski definition) is 4. The molecule has 10 rings (SSSR count). The van der Waals surface area contributed by atoms with Gasteiger partial charge in [0.05, 0.1) is 10.2 Å². The number of fused-ring (bicyclic) bond motifs is 2. The minimum atomic E-state index is 0.860. The summed E-state index contributed by atoms with van der Waals surface area (Å²) in [5.41, 5.74) is 14.5. The van der Waals surface area contributed by atoms with Crippen LogP contribution in [-0.2, 0) is 0 Å². The van der Waals surface area contributed by atoms with Crippen molar-refractivity contribution in [1.82, 2.24) is 4.98 Å². The Bertz CT molecular complexity index is 2690. The zero-order valence-electron chi connectivity index (χ0n) is 29.8. The van der Waals surface area contributed by atoms with Gasteiger partial charge in [0.2, 0.25) is 0 Å². The third kappa shape index (κ3) is 6.50. The molecule has 0 spiro atoms. The molecule has 0 saturated heterocycles. The summed E-state index contributed by atoms with van der Waals surface area (Å²) in [6, 6.07) is 72.9. The predicted molar refractivity (Wildman–Crippen MR) is 231 cm³/mol. The molecule has 0 aliphatic rings. The van der Waals surface area contributed by atoms with Gasteiger partial charge in [0, 0.05) is 33.6 Å². The van der Waals surface area contributed by atoms with Crippen LogP contribution in [0.3, 0.4) is 0 Å². The van der Waals surface area contributed by atoms with Gasteiger partial charge in [-0.15, -0.1) is 11.3 Å². The van der Waals surface area contributed by atoms with Gasteiger partial charge in [0.15, 0.2) is 0 Å². The molecular weight excluding hydrogens is 689 g/mol. The molecule has 3 nitrogen and oxygen atoms in total. The topological polar surface area (TPSA) is 29.3 Å². The monoisotopic (exact) mass is 722 g/mol. The van der Waals surface area contributed by atoms with Crippen molar-refractivity contribution in [2.45, 2.75) is 0 Å². The molecule has 2 heterocycles. The molecule has 0 atom stereocenters. The average molecular weight is 723 g/mol. The molecule has 0 fully saturated rings. The van der Waals surface area contributed by atoms with Crippen molar-refractivity contribution >= 4 is 49.6 Å². The van der Waals surface area contributed by atoms with Gasteiger partial charge in [-0.3, -0.25) is 0 Å². The van der Waals surface area contributed by atoms with Crippen molar-refractivity contribution in [1.29, 1.82) is 0 Å². The molecule has 0 aliphatic carbocycles. The van der Waals surface area contributed by atoms with Crippen molar-refractivity contribution in [2.75, 3.05) is 4.90 Å². The fourth-order valence-corrected chi connectivity index (χ4v) is 8.21. The predicted octanol–water partition coefficient (Wildman–Crippen LogP) is 14.8. The lowest BCUT2D eigenvalue weighted by atomic mass is 9.98. The fraction of sp³-hybridized carbons (Fsp3) is 0. The molecule has 0 N–H and O–H groups in total. The second-order valence-electron chi connectivity index (χ2n) is 13.6. The largest absolute Gasteiger partial charge is 0.456 e. The Morgan fingerprint density at radius 1 is 0.382 bits per heavy atom.